The molecule has 5 heteroatoms. The van der Waals surface area contributed by atoms with Crippen LogP contribution in [0, 0.1) is 5.92 Å². The Morgan fingerprint density at radius 1 is 1.44 bits per heavy atom. The SMILES string of the molecule is CC1CN(C(=O)[C@@H]2CCCNC2)CC(C)(C)O1.Cl. The van der Waals surface area contributed by atoms with Crippen LogP contribution in [0.4, 0.5) is 0 Å². The molecule has 0 aromatic heterocycles. The molecule has 0 aliphatic carbocycles. The van der Waals surface area contributed by atoms with Gasteiger partial charge in [-0.1, -0.05) is 0 Å². The number of rotatable bonds is 1. The third-order valence-electron chi connectivity index (χ3n) is 3.53. The quantitative estimate of drug-likeness (QED) is 0.788. The van der Waals surface area contributed by atoms with Crippen LogP contribution in [0.3, 0.4) is 0 Å². The first-order valence-electron chi connectivity index (χ1n) is 6.65. The minimum absolute atomic E-state index is 0. The minimum atomic E-state index is -0.213. The van der Waals surface area contributed by atoms with Gasteiger partial charge in [0.25, 0.3) is 0 Å². The van der Waals surface area contributed by atoms with Crippen LogP contribution < -0.4 is 5.32 Å². The Hall–Kier alpha value is -0.320. The third kappa shape index (κ3) is 3.84. The largest absolute Gasteiger partial charge is 0.369 e. The fraction of sp³-hybridized carbons (Fsp3) is 0.923. The maximum absolute atomic E-state index is 12.4. The van der Waals surface area contributed by atoms with Crippen LogP contribution in [0.1, 0.15) is 33.6 Å². The average Bonchev–Trinajstić information content (AvgIpc) is 2.26. The summed E-state index contributed by atoms with van der Waals surface area (Å²) in [5.41, 5.74) is -0.213. The summed E-state index contributed by atoms with van der Waals surface area (Å²) in [5.74, 6) is 0.477. The molecule has 2 rings (SSSR count). The second-order valence-electron chi connectivity index (χ2n) is 5.95. The van der Waals surface area contributed by atoms with Gasteiger partial charge in [-0.2, -0.15) is 0 Å². The number of ether oxygens (including phenoxy) is 1. The number of carbonyl (C=O) groups is 1. The lowest BCUT2D eigenvalue weighted by Gasteiger charge is -2.43. The Morgan fingerprint density at radius 2 is 2.17 bits per heavy atom. The normalized spacial score (nSPS) is 31.6. The van der Waals surface area contributed by atoms with Gasteiger partial charge in [0.2, 0.25) is 5.91 Å². The lowest BCUT2D eigenvalue weighted by atomic mass is 9.96. The number of amides is 1. The zero-order valence-corrected chi connectivity index (χ0v) is 12.4. The summed E-state index contributed by atoms with van der Waals surface area (Å²) in [7, 11) is 0. The van der Waals surface area contributed by atoms with Gasteiger partial charge in [-0.05, 0) is 40.2 Å². The summed E-state index contributed by atoms with van der Waals surface area (Å²) in [5, 5.41) is 3.31. The van der Waals surface area contributed by atoms with E-state index in [4.69, 9.17) is 4.74 Å². The molecule has 2 heterocycles. The zero-order valence-electron chi connectivity index (χ0n) is 11.6. The second-order valence-corrected chi connectivity index (χ2v) is 5.95. The van der Waals surface area contributed by atoms with Crippen LogP contribution >= 0.6 is 12.4 Å². The monoisotopic (exact) mass is 276 g/mol. The molecular weight excluding hydrogens is 252 g/mol. The molecule has 4 nitrogen and oxygen atoms in total. The summed E-state index contributed by atoms with van der Waals surface area (Å²) in [4.78, 5) is 14.4. The van der Waals surface area contributed by atoms with Gasteiger partial charge in [0.15, 0.2) is 0 Å². The minimum Gasteiger partial charge on any atom is -0.369 e. The predicted molar refractivity (Wildman–Crippen MR) is 74.0 cm³/mol. The smallest absolute Gasteiger partial charge is 0.227 e. The van der Waals surface area contributed by atoms with Crippen molar-refractivity contribution in [1.29, 1.82) is 0 Å². The Balaban J connectivity index is 0.00000162. The summed E-state index contributed by atoms with van der Waals surface area (Å²) in [6, 6.07) is 0. The van der Waals surface area contributed by atoms with Crippen LogP contribution in [-0.2, 0) is 9.53 Å². The van der Waals surface area contributed by atoms with E-state index in [2.05, 4.69) is 19.2 Å². The van der Waals surface area contributed by atoms with Crippen molar-refractivity contribution in [3.8, 4) is 0 Å². The van der Waals surface area contributed by atoms with Crippen molar-refractivity contribution < 1.29 is 9.53 Å². The molecule has 2 fully saturated rings. The van der Waals surface area contributed by atoms with Crippen molar-refractivity contribution in [2.45, 2.75) is 45.3 Å². The van der Waals surface area contributed by atoms with Crippen LogP contribution in [0.5, 0.6) is 0 Å². The third-order valence-corrected chi connectivity index (χ3v) is 3.53. The maximum atomic E-state index is 12.4. The molecule has 2 atom stereocenters. The molecule has 106 valence electrons. The van der Waals surface area contributed by atoms with Crippen molar-refractivity contribution in [2.75, 3.05) is 26.2 Å². The van der Waals surface area contributed by atoms with E-state index in [0.717, 1.165) is 32.5 Å². The van der Waals surface area contributed by atoms with Crippen LogP contribution in [0.2, 0.25) is 0 Å². The lowest BCUT2D eigenvalue weighted by Crippen LogP contribution is -2.56. The molecule has 0 radical (unpaired) electrons. The van der Waals surface area contributed by atoms with Gasteiger partial charge in [-0.3, -0.25) is 4.79 Å². The van der Waals surface area contributed by atoms with E-state index in [1.165, 1.54) is 0 Å². The summed E-state index contributed by atoms with van der Waals surface area (Å²) < 4.78 is 5.83. The topological polar surface area (TPSA) is 41.6 Å². The van der Waals surface area contributed by atoms with E-state index < -0.39 is 0 Å². The molecule has 0 aromatic rings. The van der Waals surface area contributed by atoms with Crippen molar-refractivity contribution in [3.63, 3.8) is 0 Å². The predicted octanol–water partition coefficient (Wildman–Crippen LogP) is 1.43. The first-order chi connectivity index (χ1) is 7.98. The number of piperidine rings is 1. The Kier molecular flexibility index (Phi) is 5.44. The van der Waals surface area contributed by atoms with E-state index in [1.807, 2.05) is 11.8 Å². The van der Waals surface area contributed by atoms with Gasteiger partial charge < -0.3 is 15.0 Å². The highest BCUT2D eigenvalue weighted by atomic mass is 35.5. The first-order valence-corrected chi connectivity index (χ1v) is 6.65. The van der Waals surface area contributed by atoms with Gasteiger partial charge in [-0.15, -0.1) is 12.4 Å². The Labute approximate surface area is 116 Å². The molecule has 1 amide bonds. The highest BCUT2D eigenvalue weighted by molar-refractivity contribution is 5.85. The summed E-state index contributed by atoms with van der Waals surface area (Å²) >= 11 is 0. The van der Waals surface area contributed by atoms with Crippen molar-refractivity contribution in [2.24, 2.45) is 5.92 Å². The Bertz CT molecular complexity index is 291. The second kappa shape index (κ2) is 6.22. The van der Waals surface area contributed by atoms with Crippen LogP contribution in [0.25, 0.3) is 0 Å². The summed E-state index contributed by atoms with van der Waals surface area (Å²) in [6.45, 7) is 9.50. The fourth-order valence-corrected chi connectivity index (χ4v) is 2.94. The zero-order chi connectivity index (χ0) is 12.5. The summed E-state index contributed by atoms with van der Waals surface area (Å²) in [6.07, 6.45) is 2.27. The van der Waals surface area contributed by atoms with E-state index >= 15 is 0 Å². The molecular formula is C13H25ClN2O2. The van der Waals surface area contributed by atoms with Gasteiger partial charge >= 0.3 is 0 Å². The van der Waals surface area contributed by atoms with Gasteiger partial charge in [0.05, 0.1) is 17.6 Å². The number of nitrogens with one attached hydrogen (secondary N) is 1. The molecule has 2 aliphatic heterocycles. The highest BCUT2D eigenvalue weighted by Gasteiger charge is 2.36. The molecule has 18 heavy (non-hydrogen) atoms. The van der Waals surface area contributed by atoms with E-state index in [1.54, 1.807) is 0 Å². The van der Waals surface area contributed by atoms with Crippen LogP contribution in [0.15, 0.2) is 0 Å². The number of carbonyl (C=O) groups excluding carboxylic acids is 1. The number of halogens is 1. The average molecular weight is 277 g/mol. The van der Waals surface area contributed by atoms with Gasteiger partial charge in [0, 0.05) is 19.6 Å². The maximum Gasteiger partial charge on any atom is 0.227 e. The molecule has 2 aliphatic rings. The van der Waals surface area contributed by atoms with E-state index in [0.29, 0.717) is 12.5 Å². The van der Waals surface area contributed by atoms with E-state index in [-0.39, 0.29) is 30.0 Å². The number of nitrogens with zero attached hydrogens (tertiary/aromatic N) is 1. The molecule has 0 aromatic carbocycles. The fourth-order valence-electron chi connectivity index (χ4n) is 2.94. The standard InChI is InChI=1S/C13H24N2O2.ClH/c1-10-8-15(9-13(2,3)17-10)12(16)11-5-4-6-14-7-11;/h10-11,14H,4-9H2,1-3H3;1H/t10?,11-;/m1./s1. The van der Waals surface area contributed by atoms with E-state index in [9.17, 15) is 4.79 Å². The molecule has 2 saturated heterocycles. The highest BCUT2D eigenvalue weighted by Crippen LogP contribution is 2.23. The van der Waals surface area contributed by atoms with Gasteiger partial charge in [-0.25, -0.2) is 0 Å². The van der Waals surface area contributed by atoms with Crippen molar-refractivity contribution in [1.82, 2.24) is 10.2 Å². The molecule has 0 bridgehead atoms. The molecule has 0 saturated carbocycles. The molecule has 1 N–H and O–H groups in total. The number of morpholine rings is 1. The van der Waals surface area contributed by atoms with Crippen LogP contribution in [-0.4, -0.2) is 48.7 Å². The lowest BCUT2D eigenvalue weighted by molar-refractivity contribution is -0.162. The van der Waals surface area contributed by atoms with Crippen molar-refractivity contribution in [3.05, 3.63) is 0 Å². The molecule has 0 spiro atoms. The molecule has 1 unspecified atom stereocenters. The van der Waals surface area contributed by atoms with Crippen molar-refractivity contribution >= 4 is 18.3 Å². The Morgan fingerprint density at radius 3 is 2.72 bits per heavy atom. The van der Waals surface area contributed by atoms with Gasteiger partial charge in [0.1, 0.15) is 0 Å². The first kappa shape index (κ1) is 15.7. The number of hydrogen-bond donors (Lipinski definition) is 1. The number of hydrogen-bond acceptors (Lipinski definition) is 3.